The Morgan fingerprint density at radius 1 is 1.33 bits per heavy atom. The van der Waals surface area contributed by atoms with Crippen molar-refractivity contribution in [3.63, 3.8) is 0 Å². The largest absolute Gasteiger partial charge is 0.504 e. The number of ether oxygens (including phenoxy) is 1. The highest BCUT2D eigenvalue weighted by atomic mass is 35.5. The molecule has 0 aliphatic carbocycles. The van der Waals surface area contributed by atoms with E-state index in [0.29, 0.717) is 27.7 Å². The maximum Gasteiger partial charge on any atom is 0.202 e. The normalized spacial score (nSPS) is 10.8. The first-order valence-electron chi connectivity index (χ1n) is 6.10. The standard InChI is InChI=1S/C15H12ClNO3S/c1-19-10-6-8(5-9(16)7-10)12-13(18)14(20-15(12)17)11-3-2-4-21-11/h2-7,18H,17H2,1H3. The number of aromatic hydroxyl groups is 1. The summed E-state index contributed by atoms with van der Waals surface area (Å²) in [6.07, 6.45) is 0. The molecule has 0 aliphatic heterocycles. The highest BCUT2D eigenvalue weighted by Gasteiger charge is 2.22. The zero-order valence-electron chi connectivity index (χ0n) is 11.1. The van der Waals surface area contributed by atoms with E-state index in [1.807, 2.05) is 17.5 Å². The minimum absolute atomic E-state index is 0.000676. The summed E-state index contributed by atoms with van der Waals surface area (Å²) in [4.78, 5) is 0.805. The molecule has 0 atom stereocenters. The van der Waals surface area contributed by atoms with Gasteiger partial charge in [-0.2, -0.15) is 0 Å². The Bertz CT molecular complexity index is 781. The summed E-state index contributed by atoms with van der Waals surface area (Å²) in [5.41, 5.74) is 6.97. The van der Waals surface area contributed by atoms with Crippen LogP contribution >= 0.6 is 22.9 Å². The Hall–Kier alpha value is -2.11. The number of benzene rings is 1. The van der Waals surface area contributed by atoms with Crippen LogP contribution in [-0.4, -0.2) is 12.2 Å². The Kier molecular flexibility index (Phi) is 3.53. The van der Waals surface area contributed by atoms with Crippen LogP contribution in [0.5, 0.6) is 11.5 Å². The molecule has 1 aromatic carbocycles. The molecule has 4 nitrogen and oxygen atoms in total. The van der Waals surface area contributed by atoms with E-state index in [9.17, 15) is 5.11 Å². The van der Waals surface area contributed by atoms with Crippen LogP contribution in [0.2, 0.25) is 5.02 Å². The van der Waals surface area contributed by atoms with Crippen LogP contribution in [0.4, 0.5) is 5.88 Å². The summed E-state index contributed by atoms with van der Waals surface area (Å²) >= 11 is 7.52. The molecule has 0 amide bonds. The topological polar surface area (TPSA) is 68.6 Å². The second kappa shape index (κ2) is 5.35. The average molecular weight is 322 g/mol. The molecule has 6 heteroatoms. The predicted molar refractivity (Wildman–Crippen MR) is 85.1 cm³/mol. The van der Waals surface area contributed by atoms with Crippen molar-refractivity contribution in [3.05, 3.63) is 40.7 Å². The molecule has 0 bridgehead atoms. The van der Waals surface area contributed by atoms with Gasteiger partial charge in [0, 0.05) is 5.02 Å². The number of rotatable bonds is 3. The summed E-state index contributed by atoms with van der Waals surface area (Å²) in [7, 11) is 1.55. The van der Waals surface area contributed by atoms with Crippen molar-refractivity contribution in [2.45, 2.75) is 0 Å². The number of furan rings is 1. The van der Waals surface area contributed by atoms with E-state index in [0.717, 1.165) is 4.88 Å². The highest BCUT2D eigenvalue weighted by Crippen LogP contribution is 2.47. The molecule has 2 aromatic heterocycles. The van der Waals surface area contributed by atoms with Crippen molar-refractivity contribution in [2.24, 2.45) is 0 Å². The average Bonchev–Trinajstić information content (AvgIpc) is 3.06. The van der Waals surface area contributed by atoms with E-state index in [1.54, 1.807) is 25.3 Å². The number of nitrogens with two attached hydrogens (primary N) is 1. The molecular weight excluding hydrogens is 310 g/mol. The lowest BCUT2D eigenvalue weighted by Gasteiger charge is -2.05. The molecule has 0 spiro atoms. The van der Waals surface area contributed by atoms with Gasteiger partial charge in [0.25, 0.3) is 0 Å². The zero-order valence-corrected chi connectivity index (χ0v) is 12.7. The number of thiophene rings is 1. The number of hydrogen-bond acceptors (Lipinski definition) is 5. The molecule has 0 unspecified atom stereocenters. The van der Waals surface area contributed by atoms with Gasteiger partial charge < -0.3 is 20.0 Å². The molecular formula is C15H12ClNO3S. The first-order valence-corrected chi connectivity index (χ1v) is 7.36. The fraction of sp³-hybridized carbons (Fsp3) is 0.0667. The van der Waals surface area contributed by atoms with E-state index < -0.39 is 0 Å². The van der Waals surface area contributed by atoms with Crippen molar-refractivity contribution in [1.29, 1.82) is 0 Å². The molecule has 0 fully saturated rings. The highest BCUT2D eigenvalue weighted by molar-refractivity contribution is 7.13. The number of hydrogen-bond donors (Lipinski definition) is 2. The Balaban J connectivity index is 2.17. The molecule has 3 rings (SSSR count). The first kappa shape index (κ1) is 13.9. The quantitative estimate of drug-likeness (QED) is 0.738. The van der Waals surface area contributed by atoms with Crippen LogP contribution in [0.3, 0.4) is 0 Å². The van der Waals surface area contributed by atoms with Crippen LogP contribution in [0.1, 0.15) is 0 Å². The van der Waals surface area contributed by atoms with Crippen molar-refractivity contribution in [2.75, 3.05) is 12.8 Å². The lowest BCUT2D eigenvalue weighted by molar-refractivity contribution is 0.415. The van der Waals surface area contributed by atoms with Gasteiger partial charge in [-0.05, 0) is 35.2 Å². The van der Waals surface area contributed by atoms with Gasteiger partial charge in [-0.15, -0.1) is 11.3 Å². The second-order valence-electron chi connectivity index (χ2n) is 4.38. The van der Waals surface area contributed by atoms with Gasteiger partial charge >= 0.3 is 0 Å². The minimum Gasteiger partial charge on any atom is -0.504 e. The Morgan fingerprint density at radius 2 is 2.14 bits per heavy atom. The summed E-state index contributed by atoms with van der Waals surface area (Å²) in [6, 6.07) is 8.85. The van der Waals surface area contributed by atoms with E-state index in [-0.39, 0.29) is 11.6 Å². The maximum absolute atomic E-state index is 10.4. The van der Waals surface area contributed by atoms with Gasteiger partial charge in [0.05, 0.1) is 17.6 Å². The van der Waals surface area contributed by atoms with E-state index in [2.05, 4.69) is 0 Å². The number of nitrogen functional groups attached to an aromatic ring is 1. The van der Waals surface area contributed by atoms with Gasteiger partial charge in [0.1, 0.15) is 5.75 Å². The van der Waals surface area contributed by atoms with Crippen molar-refractivity contribution in [3.8, 4) is 33.3 Å². The van der Waals surface area contributed by atoms with Gasteiger partial charge in [0.15, 0.2) is 11.5 Å². The van der Waals surface area contributed by atoms with Crippen LogP contribution in [0, 0.1) is 0 Å². The smallest absolute Gasteiger partial charge is 0.202 e. The fourth-order valence-electron chi connectivity index (χ4n) is 2.12. The molecule has 0 aliphatic rings. The summed E-state index contributed by atoms with van der Waals surface area (Å²) in [5, 5.41) is 12.8. The third-order valence-corrected chi connectivity index (χ3v) is 4.14. The number of methoxy groups -OCH3 is 1. The minimum atomic E-state index is -0.000676. The monoisotopic (exact) mass is 321 g/mol. The number of anilines is 1. The van der Waals surface area contributed by atoms with Crippen LogP contribution in [0.15, 0.2) is 40.1 Å². The lowest BCUT2D eigenvalue weighted by atomic mass is 10.1. The summed E-state index contributed by atoms with van der Waals surface area (Å²) < 4.78 is 10.7. The summed E-state index contributed by atoms with van der Waals surface area (Å²) in [5.74, 6) is 1.08. The van der Waals surface area contributed by atoms with Crippen molar-refractivity contribution in [1.82, 2.24) is 0 Å². The predicted octanol–water partition coefficient (Wildman–Crippen LogP) is 4.62. The molecule has 21 heavy (non-hydrogen) atoms. The van der Waals surface area contributed by atoms with E-state index in [1.165, 1.54) is 11.3 Å². The molecule has 2 heterocycles. The SMILES string of the molecule is COc1cc(Cl)cc(-c2c(N)oc(-c3cccs3)c2O)c1. The molecule has 0 saturated heterocycles. The Morgan fingerprint density at radius 3 is 2.81 bits per heavy atom. The second-order valence-corrected chi connectivity index (χ2v) is 5.76. The summed E-state index contributed by atoms with van der Waals surface area (Å²) in [6.45, 7) is 0. The van der Waals surface area contributed by atoms with Gasteiger partial charge in [-0.25, -0.2) is 0 Å². The molecule has 108 valence electrons. The van der Waals surface area contributed by atoms with Gasteiger partial charge in [-0.3, -0.25) is 0 Å². The lowest BCUT2D eigenvalue weighted by Crippen LogP contribution is -1.88. The molecule has 3 aromatic rings. The fourth-order valence-corrected chi connectivity index (χ4v) is 3.05. The van der Waals surface area contributed by atoms with Gasteiger partial charge in [-0.1, -0.05) is 17.7 Å². The van der Waals surface area contributed by atoms with Crippen molar-refractivity contribution >= 4 is 28.8 Å². The third kappa shape index (κ3) is 2.46. The Labute approximate surface area is 130 Å². The van der Waals surface area contributed by atoms with Crippen molar-refractivity contribution < 1.29 is 14.3 Å². The van der Waals surface area contributed by atoms with E-state index in [4.69, 9.17) is 26.5 Å². The maximum atomic E-state index is 10.4. The molecule has 0 saturated carbocycles. The zero-order chi connectivity index (χ0) is 15.0. The van der Waals surface area contributed by atoms with Crippen LogP contribution in [-0.2, 0) is 0 Å². The van der Waals surface area contributed by atoms with Gasteiger partial charge in [0.2, 0.25) is 5.88 Å². The molecule has 3 N–H and O–H groups in total. The molecule has 0 radical (unpaired) electrons. The van der Waals surface area contributed by atoms with Crippen LogP contribution < -0.4 is 10.5 Å². The third-order valence-electron chi connectivity index (χ3n) is 3.05. The van der Waals surface area contributed by atoms with E-state index >= 15 is 0 Å². The van der Waals surface area contributed by atoms with Crippen LogP contribution in [0.25, 0.3) is 21.8 Å². The first-order chi connectivity index (χ1) is 10.1. The number of halogens is 1.